The highest BCUT2D eigenvalue weighted by Gasteiger charge is 2.47. The van der Waals surface area contributed by atoms with Crippen LogP contribution in [0.25, 0.3) is 0 Å². The van der Waals surface area contributed by atoms with Gasteiger partial charge in [-0.3, -0.25) is 14.8 Å². The smallest absolute Gasteiger partial charge is 0.411 e. The molecule has 0 aliphatic carbocycles. The van der Waals surface area contributed by atoms with Gasteiger partial charge in [0, 0.05) is 5.56 Å². The first-order valence-corrected chi connectivity index (χ1v) is 6.97. The zero-order valence-electron chi connectivity index (χ0n) is 12.0. The number of ketones is 1. The molecule has 6 heteroatoms. The Bertz CT molecular complexity index is 558. The highest BCUT2D eigenvalue weighted by atomic mass is 16.6. The van der Waals surface area contributed by atoms with E-state index in [1.165, 1.54) is 0 Å². The second kappa shape index (κ2) is 4.33. The molecule has 2 bridgehead atoms. The van der Waals surface area contributed by atoms with Crippen molar-refractivity contribution in [3.05, 3.63) is 17.5 Å². The highest BCUT2D eigenvalue weighted by Crippen LogP contribution is 2.41. The third kappa shape index (κ3) is 1.99. The molecule has 3 rings (SSSR count). The number of piperidine rings is 1. The summed E-state index contributed by atoms with van der Waals surface area (Å²) in [7, 11) is 0. The lowest BCUT2D eigenvalue weighted by atomic mass is 9.83. The standard InChI is InChI=1S/C14H19N3O3/c1-14(2,3)20-13(19)17-9-5-4-6-10(17)12(18)11-8(9)7-15-16-11/h7,9-10H,4-6H2,1-3H3,(H,15,16). The molecule has 1 aromatic heterocycles. The largest absolute Gasteiger partial charge is 0.444 e. The van der Waals surface area contributed by atoms with Crippen LogP contribution < -0.4 is 0 Å². The van der Waals surface area contributed by atoms with Crippen molar-refractivity contribution in [1.29, 1.82) is 0 Å². The molecule has 0 spiro atoms. The molecular weight excluding hydrogens is 258 g/mol. The summed E-state index contributed by atoms with van der Waals surface area (Å²) >= 11 is 0. The topological polar surface area (TPSA) is 75.3 Å². The Hall–Kier alpha value is -1.85. The summed E-state index contributed by atoms with van der Waals surface area (Å²) < 4.78 is 5.46. The lowest BCUT2D eigenvalue weighted by molar-refractivity contribution is -0.00687. The Morgan fingerprint density at radius 2 is 2.10 bits per heavy atom. The fourth-order valence-corrected chi connectivity index (χ4v) is 3.04. The predicted octanol–water partition coefficient (Wildman–Crippen LogP) is 2.44. The quantitative estimate of drug-likeness (QED) is 0.790. The van der Waals surface area contributed by atoms with Gasteiger partial charge in [0.25, 0.3) is 0 Å². The van der Waals surface area contributed by atoms with E-state index in [2.05, 4.69) is 10.2 Å². The summed E-state index contributed by atoms with van der Waals surface area (Å²) in [6.07, 6.45) is 3.71. The average molecular weight is 277 g/mol. The summed E-state index contributed by atoms with van der Waals surface area (Å²) in [6, 6.07) is -0.522. The van der Waals surface area contributed by atoms with Crippen LogP contribution in [-0.4, -0.2) is 38.6 Å². The van der Waals surface area contributed by atoms with Gasteiger partial charge in [0.15, 0.2) is 0 Å². The average Bonchev–Trinajstić information content (AvgIpc) is 2.82. The minimum atomic E-state index is -0.564. The number of nitrogens with one attached hydrogen (secondary N) is 1. The Balaban J connectivity index is 1.96. The van der Waals surface area contributed by atoms with Crippen LogP contribution in [0.3, 0.4) is 0 Å². The molecule has 2 atom stereocenters. The third-order valence-corrected chi connectivity index (χ3v) is 3.81. The number of nitrogens with zero attached hydrogens (tertiary/aromatic N) is 2. The molecule has 2 aliphatic heterocycles. The molecule has 0 radical (unpaired) electrons. The number of Topliss-reactive ketones (excluding diaryl/α,β-unsaturated/α-hetero) is 1. The maximum Gasteiger partial charge on any atom is 0.411 e. The summed E-state index contributed by atoms with van der Waals surface area (Å²) in [6.45, 7) is 5.49. The molecular formula is C14H19N3O3. The molecule has 1 saturated heterocycles. The van der Waals surface area contributed by atoms with Gasteiger partial charge in [0.2, 0.25) is 5.78 Å². The molecule has 1 aromatic rings. The van der Waals surface area contributed by atoms with Gasteiger partial charge in [-0.25, -0.2) is 4.79 Å². The number of carbonyl (C=O) groups excluding carboxylic acids is 2. The lowest BCUT2D eigenvalue weighted by Gasteiger charge is -2.44. The minimum absolute atomic E-state index is 0.0562. The summed E-state index contributed by atoms with van der Waals surface area (Å²) in [5, 5.41) is 6.72. The van der Waals surface area contributed by atoms with Crippen molar-refractivity contribution in [2.45, 2.75) is 57.7 Å². The van der Waals surface area contributed by atoms with Crippen molar-refractivity contribution in [2.24, 2.45) is 0 Å². The number of hydrogen-bond donors (Lipinski definition) is 1. The zero-order chi connectivity index (χ0) is 14.5. The third-order valence-electron chi connectivity index (χ3n) is 3.81. The number of aromatic nitrogens is 2. The highest BCUT2D eigenvalue weighted by molar-refractivity contribution is 6.03. The monoisotopic (exact) mass is 277 g/mol. The molecule has 2 aliphatic rings. The number of H-pyrrole nitrogens is 1. The summed E-state index contributed by atoms with van der Waals surface area (Å²) in [4.78, 5) is 26.5. The normalized spacial score (nSPS) is 25.4. The number of amides is 1. The van der Waals surface area contributed by atoms with E-state index < -0.39 is 17.7 Å². The summed E-state index contributed by atoms with van der Waals surface area (Å²) in [5.74, 6) is -0.0562. The first kappa shape index (κ1) is 13.1. The van der Waals surface area contributed by atoms with Crippen LogP contribution in [0.4, 0.5) is 4.79 Å². The van der Waals surface area contributed by atoms with Crippen LogP contribution in [-0.2, 0) is 4.74 Å². The van der Waals surface area contributed by atoms with Gasteiger partial charge >= 0.3 is 6.09 Å². The SMILES string of the molecule is CC(C)(C)OC(=O)N1C2CCCC1c1cn[nH]c1C2=O. The molecule has 1 amide bonds. The molecule has 6 nitrogen and oxygen atoms in total. The molecule has 108 valence electrons. The molecule has 3 heterocycles. The first-order chi connectivity index (χ1) is 9.38. The Labute approximate surface area is 117 Å². The number of fused-ring (bicyclic) bond motifs is 4. The van der Waals surface area contributed by atoms with Crippen LogP contribution in [0, 0.1) is 0 Å². The Morgan fingerprint density at radius 1 is 1.40 bits per heavy atom. The van der Waals surface area contributed by atoms with Gasteiger partial charge in [-0.1, -0.05) is 0 Å². The van der Waals surface area contributed by atoms with E-state index in [0.717, 1.165) is 18.4 Å². The number of ether oxygens (including phenoxy) is 1. The number of aromatic amines is 1. The molecule has 2 unspecified atom stereocenters. The second-order valence-electron chi connectivity index (χ2n) is 6.41. The van der Waals surface area contributed by atoms with E-state index in [-0.39, 0.29) is 11.8 Å². The van der Waals surface area contributed by atoms with E-state index in [1.54, 1.807) is 11.1 Å². The molecule has 1 N–H and O–H groups in total. The van der Waals surface area contributed by atoms with Crippen molar-refractivity contribution in [2.75, 3.05) is 0 Å². The van der Waals surface area contributed by atoms with E-state index in [1.807, 2.05) is 20.8 Å². The summed E-state index contributed by atoms with van der Waals surface area (Å²) in [5.41, 5.74) is 0.807. The van der Waals surface area contributed by atoms with Gasteiger partial charge in [0.1, 0.15) is 17.3 Å². The van der Waals surface area contributed by atoms with Gasteiger partial charge in [0.05, 0.1) is 12.2 Å². The maximum atomic E-state index is 12.4. The van der Waals surface area contributed by atoms with Crippen molar-refractivity contribution in [3.8, 4) is 0 Å². The van der Waals surface area contributed by atoms with E-state index >= 15 is 0 Å². The Morgan fingerprint density at radius 3 is 2.80 bits per heavy atom. The fourth-order valence-electron chi connectivity index (χ4n) is 3.04. The van der Waals surface area contributed by atoms with Crippen LogP contribution in [0.15, 0.2) is 6.20 Å². The fraction of sp³-hybridized carbons (Fsp3) is 0.643. The Kier molecular flexibility index (Phi) is 2.84. The van der Waals surface area contributed by atoms with Crippen LogP contribution in [0.1, 0.15) is 62.1 Å². The first-order valence-electron chi connectivity index (χ1n) is 6.97. The zero-order valence-corrected chi connectivity index (χ0v) is 12.0. The van der Waals surface area contributed by atoms with E-state index in [4.69, 9.17) is 4.74 Å². The van der Waals surface area contributed by atoms with Crippen molar-refractivity contribution >= 4 is 11.9 Å². The van der Waals surface area contributed by atoms with E-state index in [9.17, 15) is 9.59 Å². The van der Waals surface area contributed by atoms with Gasteiger partial charge in [-0.2, -0.15) is 5.10 Å². The number of carbonyl (C=O) groups is 2. The molecule has 20 heavy (non-hydrogen) atoms. The van der Waals surface area contributed by atoms with Gasteiger partial charge in [-0.15, -0.1) is 0 Å². The molecule has 0 saturated carbocycles. The van der Waals surface area contributed by atoms with Crippen molar-refractivity contribution < 1.29 is 14.3 Å². The predicted molar refractivity (Wildman–Crippen MR) is 71.4 cm³/mol. The second-order valence-corrected chi connectivity index (χ2v) is 6.41. The van der Waals surface area contributed by atoms with Crippen molar-refractivity contribution in [1.82, 2.24) is 15.1 Å². The lowest BCUT2D eigenvalue weighted by Crippen LogP contribution is -2.54. The van der Waals surface area contributed by atoms with Crippen LogP contribution in [0.2, 0.25) is 0 Å². The van der Waals surface area contributed by atoms with Crippen LogP contribution >= 0.6 is 0 Å². The minimum Gasteiger partial charge on any atom is -0.444 e. The van der Waals surface area contributed by atoms with Crippen molar-refractivity contribution in [3.63, 3.8) is 0 Å². The maximum absolute atomic E-state index is 12.4. The van der Waals surface area contributed by atoms with Crippen LogP contribution in [0.5, 0.6) is 0 Å². The van der Waals surface area contributed by atoms with Gasteiger partial charge < -0.3 is 4.74 Å². The van der Waals surface area contributed by atoms with Gasteiger partial charge in [-0.05, 0) is 40.0 Å². The number of rotatable bonds is 0. The van der Waals surface area contributed by atoms with E-state index in [0.29, 0.717) is 12.1 Å². The molecule has 0 aromatic carbocycles. The number of hydrogen-bond acceptors (Lipinski definition) is 4. The molecule has 1 fully saturated rings.